The lowest BCUT2D eigenvalue weighted by Crippen LogP contribution is -2.36. The van der Waals surface area contributed by atoms with Gasteiger partial charge in [0.05, 0.1) is 18.8 Å². The number of rotatable bonds is 8. The van der Waals surface area contributed by atoms with Crippen molar-refractivity contribution in [3.05, 3.63) is 41.4 Å². The average Bonchev–Trinajstić information content (AvgIpc) is 3.10. The summed E-state index contributed by atoms with van der Waals surface area (Å²) in [7, 11) is 1.73. The quantitative estimate of drug-likeness (QED) is 0.565. The van der Waals surface area contributed by atoms with Crippen LogP contribution >= 0.6 is 0 Å². The van der Waals surface area contributed by atoms with E-state index < -0.39 is 0 Å². The molecule has 0 bridgehead atoms. The second-order valence-electron chi connectivity index (χ2n) is 6.01. The lowest BCUT2D eigenvalue weighted by Gasteiger charge is -2.11. The van der Waals surface area contributed by atoms with Gasteiger partial charge in [-0.25, -0.2) is 4.98 Å². The Morgan fingerprint density at radius 2 is 2.08 bits per heavy atom. The van der Waals surface area contributed by atoms with Crippen molar-refractivity contribution in [3.8, 4) is 5.88 Å². The van der Waals surface area contributed by atoms with Crippen LogP contribution in [0.15, 0.2) is 33.9 Å². The van der Waals surface area contributed by atoms with E-state index in [9.17, 15) is 0 Å². The van der Waals surface area contributed by atoms with Crippen LogP contribution in [-0.4, -0.2) is 29.8 Å². The summed E-state index contributed by atoms with van der Waals surface area (Å²) in [5.41, 5.74) is 2.00. The van der Waals surface area contributed by atoms with E-state index in [2.05, 4.69) is 46.5 Å². The van der Waals surface area contributed by atoms with Crippen molar-refractivity contribution in [2.75, 3.05) is 13.7 Å². The first-order valence-electron chi connectivity index (χ1n) is 8.60. The van der Waals surface area contributed by atoms with E-state index in [0.717, 1.165) is 23.4 Å². The van der Waals surface area contributed by atoms with E-state index in [1.165, 1.54) is 0 Å². The average molecular weight is 345 g/mol. The van der Waals surface area contributed by atoms with E-state index in [0.29, 0.717) is 37.5 Å². The number of guanidine groups is 1. The molecule has 25 heavy (non-hydrogen) atoms. The summed E-state index contributed by atoms with van der Waals surface area (Å²) < 4.78 is 10.8. The number of pyridine rings is 1. The van der Waals surface area contributed by atoms with Gasteiger partial charge in [0.25, 0.3) is 0 Å². The van der Waals surface area contributed by atoms with Crippen molar-refractivity contribution in [1.29, 1.82) is 0 Å². The molecule has 7 nitrogen and oxygen atoms in total. The van der Waals surface area contributed by atoms with E-state index >= 15 is 0 Å². The Morgan fingerprint density at radius 3 is 2.68 bits per heavy atom. The molecule has 0 aliphatic rings. The maximum absolute atomic E-state index is 5.48. The van der Waals surface area contributed by atoms with E-state index in [1.807, 2.05) is 18.2 Å². The van der Waals surface area contributed by atoms with E-state index in [1.54, 1.807) is 13.2 Å². The third kappa shape index (κ3) is 6.10. The minimum absolute atomic E-state index is 0.353. The van der Waals surface area contributed by atoms with Crippen LogP contribution in [0.5, 0.6) is 5.88 Å². The van der Waals surface area contributed by atoms with Crippen molar-refractivity contribution in [2.24, 2.45) is 4.99 Å². The van der Waals surface area contributed by atoms with E-state index in [-0.39, 0.29) is 0 Å². The molecule has 7 heteroatoms. The van der Waals surface area contributed by atoms with Crippen molar-refractivity contribution < 1.29 is 9.26 Å². The van der Waals surface area contributed by atoms with Gasteiger partial charge < -0.3 is 19.9 Å². The Labute approximate surface area is 148 Å². The second kappa shape index (κ2) is 9.66. The van der Waals surface area contributed by atoms with Gasteiger partial charge in [-0.05, 0) is 17.9 Å². The number of nitrogens with one attached hydrogen (secondary N) is 2. The van der Waals surface area contributed by atoms with Crippen LogP contribution in [-0.2, 0) is 13.1 Å². The molecule has 0 unspecified atom stereocenters. The van der Waals surface area contributed by atoms with Gasteiger partial charge in [-0.15, -0.1) is 0 Å². The minimum atomic E-state index is 0.353. The molecule has 2 aromatic heterocycles. The molecule has 0 fully saturated rings. The minimum Gasteiger partial charge on any atom is -0.478 e. The Hall–Kier alpha value is -2.57. The fraction of sp³-hybridized carbons (Fsp3) is 0.500. The highest BCUT2D eigenvalue weighted by Crippen LogP contribution is 2.13. The second-order valence-corrected chi connectivity index (χ2v) is 6.01. The predicted molar refractivity (Wildman–Crippen MR) is 97.7 cm³/mol. The maximum atomic E-state index is 5.48. The Bertz CT molecular complexity index is 664. The number of ether oxygens (including phenoxy) is 1. The smallest absolute Gasteiger partial charge is 0.213 e. The van der Waals surface area contributed by atoms with Crippen molar-refractivity contribution in [2.45, 2.75) is 46.2 Å². The molecule has 0 aliphatic carbocycles. The van der Waals surface area contributed by atoms with Gasteiger partial charge in [-0.3, -0.25) is 4.99 Å². The molecular formula is C18H27N5O2. The highest BCUT2D eigenvalue weighted by atomic mass is 16.5. The zero-order valence-corrected chi connectivity index (χ0v) is 15.4. The van der Waals surface area contributed by atoms with Gasteiger partial charge >= 0.3 is 0 Å². The van der Waals surface area contributed by atoms with Gasteiger partial charge in [0.2, 0.25) is 5.88 Å². The molecule has 2 heterocycles. The normalized spacial score (nSPS) is 11.6. The molecular weight excluding hydrogens is 318 g/mol. The SMILES string of the molecule is CCCOc1ccc(CNC(=NC)NCc2cc(C(C)C)no2)cn1. The third-order valence-electron chi connectivity index (χ3n) is 3.53. The van der Waals surface area contributed by atoms with Gasteiger partial charge in [0.1, 0.15) is 0 Å². The molecule has 0 amide bonds. The molecule has 0 atom stereocenters. The first-order chi connectivity index (χ1) is 12.1. The van der Waals surface area contributed by atoms with Crippen LogP contribution in [0.25, 0.3) is 0 Å². The molecule has 2 rings (SSSR count). The van der Waals surface area contributed by atoms with Crippen LogP contribution in [0.1, 0.15) is 50.1 Å². The van der Waals surface area contributed by atoms with Gasteiger partial charge in [0.15, 0.2) is 11.7 Å². The van der Waals surface area contributed by atoms with Crippen LogP contribution in [0.4, 0.5) is 0 Å². The molecule has 0 saturated carbocycles. The van der Waals surface area contributed by atoms with E-state index in [4.69, 9.17) is 9.26 Å². The number of hydrogen-bond donors (Lipinski definition) is 2. The standard InChI is InChI=1S/C18H27N5O2/c1-5-8-24-17-7-6-14(10-20-17)11-21-18(19-4)22-12-15-9-16(13(2)3)23-25-15/h6-7,9-10,13H,5,8,11-12H2,1-4H3,(H2,19,21,22). The van der Waals surface area contributed by atoms with Gasteiger partial charge in [-0.1, -0.05) is 32.0 Å². The van der Waals surface area contributed by atoms with Crippen molar-refractivity contribution in [1.82, 2.24) is 20.8 Å². The highest BCUT2D eigenvalue weighted by molar-refractivity contribution is 5.79. The molecule has 0 spiro atoms. The Balaban J connectivity index is 1.79. The van der Waals surface area contributed by atoms with Gasteiger partial charge in [-0.2, -0.15) is 0 Å². The monoisotopic (exact) mass is 345 g/mol. The molecule has 0 aliphatic heterocycles. The van der Waals surface area contributed by atoms with Crippen LogP contribution in [0.3, 0.4) is 0 Å². The number of aliphatic imine (C=N–C) groups is 1. The lowest BCUT2D eigenvalue weighted by atomic mass is 10.1. The van der Waals surface area contributed by atoms with Crippen molar-refractivity contribution in [3.63, 3.8) is 0 Å². The summed E-state index contributed by atoms with van der Waals surface area (Å²) in [4.78, 5) is 8.49. The Morgan fingerprint density at radius 1 is 1.28 bits per heavy atom. The summed E-state index contributed by atoms with van der Waals surface area (Å²) in [6, 6.07) is 5.83. The van der Waals surface area contributed by atoms with Crippen LogP contribution in [0, 0.1) is 0 Å². The fourth-order valence-electron chi connectivity index (χ4n) is 2.07. The lowest BCUT2D eigenvalue weighted by molar-refractivity contribution is 0.305. The summed E-state index contributed by atoms with van der Waals surface area (Å²) >= 11 is 0. The summed E-state index contributed by atoms with van der Waals surface area (Å²) in [6.07, 6.45) is 2.77. The van der Waals surface area contributed by atoms with Crippen LogP contribution in [0.2, 0.25) is 0 Å². The molecule has 2 N–H and O–H groups in total. The molecule has 0 saturated heterocycles. The zero-order chi connectivity index (χ0) is 18.1. The number of aromatic nitrogens is 2. The summed E-state index contributed by atoms with van der Waals surface area (Å²) in [5, 5.41) is 10.5. The number of hydrogen-bond acceptors (Lipinski definition) is 5. The first-order valence-corrected chi connectivity index (χ1v) is 8.60. The maximum Gasteiger partial charge on any atom is 0.213 e. The summed E-state index contributed by atoms with van der Waals surface area (Å²) in [6.45, 7) is 8.07. The number of nitrogens with zero attached hydrogens (tertiary/aromatic N) is 3. The largest absolute Gasteiger partial charge is 0.478 e. The molecule has 136 valence electrons. The zero-order valence-electron chi connectivity index (χ0n) is 15.4. The Kier molecular flexibility index (Phi) is 7.25. The first kappa shape index (κ1) is 18.8. The fourth-order valence-corrected chi connectivity index (χ4v) is 2.07. The molecule has 0 radical (unpaired) electrons. The molecule has 0 aromatic carbocycles. The predicted octanol–water partition coefficient (Wildman–Crippen LogP) is 2.85. The van der Waals surface area contributed by atoms with Gasteiger partial charge in [0, 0.05) is 31.9 Å². The third-order valence-corrected chi connectivity index (χ3v) is 3.53. The van der Waals surface area contributed by atoms with Crippen molar-refractivity contribution >= 4 is 5.96 Å². The topological polar surface area (TPSA) is 84.6 Å². The van der Waals surface area contributed by atoms with Crippen LogP contribution < -0.4 is 15.4 Å². The molecule has 2 aromatic rings. The summed E-state index contributed by atoms with van der Waals surface area (Å²) in [5.74, 6) is 2.48. The highest BCUT2D eigenvalue weighted by Gasteiger charge is 2.08.